The Balaban J connectivity index is 1.31. The zero-order valence-corrected chi connectivity index (χ0v) is 21.1. The Hall–Kier alpha value is -3.36. The Bertz CT molecular complexity index is 1400. The summed E-state index contributed by atoms with van der Waals surface area (Å²) in [5.41, 5.74) is 1.22. The second-order valence-electron chi connectivity index (χ2n) is 9.64. The van der Waals surface area contributed by atoms with Crippen molar-refractivity contribution in [3.63, 3.8) is 0 Å². The van der Waals surface area contributed by atoms with Gasteiger partial charge in [0.2, 0.25) is 17.7 Å². The van der Waals surface area contributed by atoms with E-state index in [1.165, 1.54) is 12.1 Å². The molecule has 7 rings (SSSR count). The van der Waals surface area contributed by atoms with Gasteiger partial charge in [0.25, 0.3) is 0 Å². The first kappa shape index (κ1) is 24.9. The molecule has 1 fully saturated rings. The number of hydrogen-bond acceptors (Lipinski definition) is 3. The van der Waals surface area contributed by atoms with Gasteiger partial charge in [-0.2, -0.15) is 13.2 Å². The highest BCUT2D eigenvalue weighted by molar-refractivity contribution is 6.36. The number of para-hydroxylation sites is 1. The zero-order valence-electron chi connectivity index (χ0n) is 19.6. The molecule has 5 nitrogen and oxygen atoms in total. The molecule has 3 aromatic rings. The molecule has 4 aliphatic rings. The van der Waals surface area contributed by atoms with Crippen LogP contribution in [0.15, 0.2) is 72.8 Å². The molecule has 1 heterocycles. The van der Waals surface area contributed by atoms with Gasteiger partial charge in [0, 0.05) is 13.0 Å². The van der Waals surface area contributed by atoms with Crippen LogP contribution in [0.1, 0.15) is 34.2 Å². The smallest absolute Gasteiger partial charge is 0.325 e. The number of rotatable bonds is 4. The third-order valence-corrected chi connectivity index (χ3v) is 9.03. The first-order valence-corrected chi connectivity index (χ1v) is 12.7. The highest BCUT2D eigenvalue weighted by Crippen LogP contribution is 2.69. The topological polar surface area (TPSA) is 66.5 Å². The highest BCUT2D eigenvalue weighted by atomic mass is 35.5. The lowest BCUT2D eigenvalue weighted by Gasteiger charge is -2.54. The predicted molar refractivity (Wildman–Crippen MR) is 135 cm³/mol. The number of imide groups is 1. The van der Waals surface area contributed by atoms with Crippen LogP contribution in [0.5, 0.6) is 0 Å². The average molecular weight is 559 g/mol. The van der Waals surface area contributed by atoms with Gasteiger partial charge in [0.1, 0.15) is 9.75 Å². The summed E-state index contributed by atoms with van der Waals surface area (Å²) in [6.07, 6.45) is -5.05. The third kappa shape index (κ3) is 3.23. The predicted octanol–water partition coefficient (Wildman–Crippen LogP) is 5.63. The minimum absolute atomic E-state index is 0.322. The molecule has 3 aliphatic carbocycles. The molecule has 0 radical (unpaired) electrons. The first-order valence-electron chi connectivity index (χ1n) is 11.9. The van der Waals surface area contributed by atoms with Crippen molar-refractivity contribution in [1.29, 1.82) is 0 Å². The fraction of sp³-hybridized carbons (Fsp3) is 0.250. The molecule has 3 aromatic carbocycles. The average Bonchev–Trinajstić information content (AvgIpc) is 3.16. The molecule has 3 amide bonds. The maximum atomic E-state index is 13.7. The van der Waals surface area contributed by atoms with E-state index in [4.69, 9.17) is 23.2 Å². The molecule has 1 aliphatic heterocycles. The second-order valence-corrected chi connectivity index (χ2v) is 10.8. The molecule has 2 bridgehead atoms. The summed E-state index contributed by atoms with van der Waals surface area (Å²) in [7, 11) is 0. The number of halogens is 5. The number of alkyl halides is 5. The van der Waals surface area contributed by atoms with E-state index >= 15 is 0 Å². The maximum absolute atomic E-state index is 13.7. The van der Waals surface area contributed by atoms with E-state index in [-0.39, 0.29) is 6.54 Å². The molecular weight excluding hydrogens is 540 g/mol. The highest BCUT2D eigenvalue weighted by Gasteiger charge is 2.72. The number of hydrogen-bond donors (Lipinski definition) is 1. The first-order chi connectivity index (χ1) is 18.0. The van der Waals surface area contributed by atoms with E-state index in [2.05, 4.69) is 5.32 Å². The van der Waals surface area contributed by atoms with E-state index in [9.17, 15) is 27.6 Å². The molecule has 2 atom stereocenters. The van der Waals surface area contributed by atoms with E-state index in [1.807, 2.05) is 0 Å². The van der Waals surface area contributed by atoms with Crippen LogP contribution in [-0.2, 0) is 30.3 Å². The van der Waals surface area contributed by atoms with Crippen molar-refractivity contribution in [2.75, 3.05) is 11.9 Å². The van der Waals surface area contributed by atoms with Gasteiger partial charge in [-0.25, -0.2) is 0 Å². The lowest BCUT2D eigenvalue weighted by atomic mass is 9.54. The Morgan fingerprint density at radius 1 is 0.789 bits per heavy atom. The van der Waals surface area contributed by atoms with Gasteiger partial charge in [-0.3, -0.25) is 19.3 Å². The van der Waals surface area contributed by atoms with E-state index in [1.54, 1.807) is 48.5 Å². The standard InChI is InChI=1S/C28H19Cl2F3N2O3/c29-26-15-7-1-2-8-16(15)27(30,18-10-4-3-9-17(18)26)23-22(26)24(37)35(25(23)38)14-13-21(36)34-20-12-6-5-11-19(20)28(31,32)33/h1-12,22-23H,13-14H2,(H,34,36)/t22-,23-,26?,27?/m1/s1. The van der Waals surface area contributed by atoms with Crippen molar-refractivity contribution in [3.8, 4) is 0 Å². The summed E-state index contributed by atoms with van der Waals surface area (Å²) < 4.78 is 39.9. The normalized spacial score (nSPS) is 27.1. The molecule has 1 saturated heterocycles. The number of nitrogens with one attached hydrogen (secondary N) is 1. The fourth-order valence-corrected chi connectivity index (χ4v) is 7.31. The summed E-state index contributed by atoms with van der Waals surface area (Å²) in [6, 6.07) is 19.0. The minimum atomic E-state index is -4.66. The number of carbonyl (C=O) groups is 3. The Morgan fingerprint density at radius 3 is 1.66 bits per heavy atom. The SMILES string of the molecule is O=C(CCN1C(=O)[C@H]2[C@H](C1=O)C1(Cl)c3ccccc3C2(Cl)c2ccccc21)Nc1ccccc1C(F)(F)F. The molecule has 0 aromatic heterocycles. The number of likely N-dealkylation sites (tertiary alicyclic amines) is 1. The van der Waals surface area contributed by atoms with Crippen LogP contribution < -0.4 is 5.32 Å². The lowest BCUT2D eigenvalue weighted by Crippen LogP contribution is -2.57. The Kier molecular flexibility index (Phi) is 5.46. The van der Waals surface area contributed by atoms with Gasteiger partial charge in [-0.05, 0) is 34.4 Å². The third-order valence-electron chi connectivity index (χ3n) is 7.75. The summed E-state index contributed by atoms with van der Waals surface area (Å²) in [6.45, 7) is -0.322. The summed E-state index contributed by atoms with van der Waals surface area (Å²) in [5, 5.41) is 2.25. The van der Waals surface area contributed by atoms with Gasteiger partial charge in [-0.15, -0.1) is 23.2 Å². The molecule has 1 N–H and O–H groups in total. The van der Waals surface area contributed by atoms with Crippen LogP contribution in [-0.4, -0.2) is 29.2 Å². The van der Waals surface area contributed by atoms with Crippen LogP contribution in [0, 0.1) is 11.8 Å². The zero-order chi connectivity index (χ0) is 27.0. The number of benzene rings is 3. The fourth-order valence-electron chi connectivity index (χ4n) is 6.21. The van der Waals surface area contributed by atoms with Gasteiger partial charge in [-0.1, -0.05) is 60.7 Å². The van der Waals surface area contributed by atoms with E-state index < -0.39 is 63.2 Å². The largest absolute Gasteiger partial charge is 0.418 e. The number of amides is 3. The van der Waals surface area contributed by atoms with Crippen LogP contribution >= 0.6 is 23.2 Å². The van der Waals surface area contributed by atoms with Crippen LogP contribution in [0.25, 0.3) is 0 Å². The van der Waals surface area contributed by atoms with Gasteiger partial charge < -0.3 is 5.32 Å². The number of anilines is 1. The van der Waals surface area contributed by atoms with Gasteiger partial charge in [0.05, 0.1) is 23.1 Å². The monoisotopic (exact) mass is 558 g/mol. The van der Waals surface area contributed by atoms with Crippen molar-refractivity contribution >= 4 is 46.6 Å². The van der Waals surface area contributed by atoms with Crippen molar-refractivity contribution in [2.24, 2.45) is 11.8 Å². The Morgan fingerprint density at radius 2 is 1.21 bits per heavy atom. The van der Waals surface area contributed by atoms with Crippen LogP contribution in [0.3, 0.4) is 0 Å². The van der Waals surface area contributed by atoms with Crippen molar-refractivity contribution < 1.29 is 27.6 Å². The van der Waals surface area contributed by atoms with Crippen molar-refractivity contribution in [3.05, 3.63) is 101 Å². The minimum Gasteiger partial charge on any atom is -0.325 e. The molecule has 0 saturated carbocycles. The van der Waals surface area contributed by atoms with Gasteiger partial charge >= 0.3 is 6.18 Å². The lowest BCUT2D eigenvalue weighted by molar-refractivity contribution is -0.140. The van der Waals surface area contributed by atoms with Crippen LogP contribution in [0.2, 0.25) is 0 Å². The van der Waals surface area contributed by atoms with Gasteiger partial charge in [0.15, 0.2) is 0 Å². The summed E-state index contributed by atoms with van der Waals surface area (Å²) in [5.74, 6) is -3.91. The summed E-state index contributed by atoms with van der Waals surface area (Å²) in [4.78, 5) is 38.4. The number of nitrogens with zero attached hydrogens (tertiary/aromatic N) is 1. The van der Waals surface area contributed by atoms with E-state index in [0.717, 1.165) is 17.0 Å². The van der Waals surface area contributed by atoms with E-state index in [0.29, 0.717) is 22.3 Å². The molecular formula is C28H19Cl2F3N2O3. The van der Waals surface area contributed by atoms with Crippen LogP contribution in [0.4, 0.5) is 18.9 Å². The van der Waals surface area contributed by atoms with Crippen molar-refractivity contribution in [2.45, 2.75) is 22.3 Å². The molecule has 194 valence electrons. The summed E-state index contributed by atoms with van der Waals surface area (Å²) >= 11 is 14.7. The molecule has 10 heteroatoms. The maximum Gasteiger partial charge on any atom is 0.418 e. The molecule has 0 spiro atoms. The quantitative estimate of drug-likeness (QED) is 0.333. The second kappa shape index (κ2) is 8.32. The molecule has 38 heavy (non-hydrogen) atoms. The van der Waals surface area contributed by atoms with Crippen molar-refractivity contribution in [1.82, 2.24) is 4.90 Å². The number of carbonyl (C=O) groups excluding carboxylic acids is 3. The molecule has 0 unspecified atom stereocenters. The Labute approximate surface area is 225 Å².